The van der Waals surface area contributed by atoms with Crippen LogP contribution in [0.25, 0.3) is 11.3 Å². The van der Waals surface area contributed by atoms with Crippen LogP contribution in [0.1, 0.15) is 5.56 Å². The minimum Gasteiger partial charge on any atom is -0.494 e. The molecular formula is C13H9FN2O. The lowest BCUT2D eigenvalue weighted by atomic mass is 10.1. The van der Waals surface area contributed by atoms with E-state index in [-0.39, 0.29) is 5.82 Å². The first-order valence-electron chi connectivity index (χ1n) is 4.94. The van der Waals surface area contributed by atoms with Gasteiger partial charge in [0, 0.05) is 5.56 Å². The Bertz CT molecular complexity index is 590. The van der Waals surface area contributed by atoms with Crippen LogP contribution in [0.4, 0.5) is 4.39 Å². The van der Waals surface area contributed by atoms with Gasteiger partial charge in [-0.2, -0.15) is 5.26 Å². The molecule has 0 radical (unpaired) electrons. The van der Waals surface area contributed by atoms with Crippen LogP contribution in [0.15, 0.2) is 36.5 Å². The maximum atomic E-state index is 13.1. The van der Waals surface area contributed by atoms with E-state index in [2.05, 4.69) is 4.98 Å². The van der Waals surface area contributed by atoms with Gasteiger partial charge in [-0.05, 0) is 18.2 Å². The third-order valence-electron chi connectivity index (χ3n) is 2.33. The van der Waals surface area contributed by atoms with Gasteiger partial charge < -0.3 is 4.74 Å². The van der Waals surface area contributed by atoms with Gasteiger partial charge in [-0.1, -0.05) is 12.1 Å². The summed E-state index contributed by atoms with van der Waals surface area (Å²) < 4.78 is 18.1. The zero-order valence-corrected chi connectivity index (χ0v) is 9.14. The first-order chi connectivity index (χ1) is 8.24. The molecule has 0 bridgehead atoms. The fraction of sp³-hybridized carbons (Fsp3) is 0.0769. The maximum Gasteiger partial charge on any atom is 0.154 e. The summed E-state index contributed by atoms with van der Waals surface area (Å²) >= 11 is 0. The Labute approximate surface area is 98.1 Å². The highest BCUT2D eigenvalue weighted by Crippen LogP contribution is 2.23. The summed E-state index contributed by atoms with van der Waals surface area (Å²) in [5, 5.41) is 8.94. The summed E-state index contributed by atoms with van der Waals surface area (Å²) in [6.45, 7) is 0. The summed E-state index contributed by atoms with van der Waals surface area (Å²) in [6, 6.07) is 9.65. The summed E-state index contributed by atoms with van der Waals surface area (Å²) in [7, 11) is 1.47. The Morgan fingerprint density at radius 2 is 2.18 bits per heavy atom. The van der Waals surface area contributed by atoms with Crippen molar-refractivity contribution in [1.29, 1.82) is 5.26 Å². The number of hydrogen-bond donors (Lipinski definition) is 0. The van der Waals surface area contributed by atoms with Crippen molar-refractivity contribution in [3.8, 4) is 23.1 Å². The number of nitrogens with zero attached hydrogens (tertiary/aromatic N) is 2. The molecular weight excluding hydrogens is 219 g/mol. The minimum atomic E-state index is -0.335. The highest BCUT2D eigenvalue weighted by molar-refractivity contribution is 5.62. The van der Waals surface area contributed by atoms with Gasteiger partial charge >= 0.3 is 0 Å². The number of ether oxygens (including phenoxy) is 1. The summed E-state index contributed by atoms with van der Waals surface area (Å²) in [4.78, 5) is 4.13. The SMILES string of the molecule is COc1cnc(-c2cccc(F)c2)cc1C#N. The van der Waals surface area contributed by atoms with Crippen molar-refractivity contribution in [3.63, 3.8) is 0 Å². The molecule has 0 atom stereocenters. The van der Waals surface area contributed by atoms with E-state index in [1.165, 1.54) is 25.4 Å². The van der Waals surface area contributed by atoms with Crippen LogP contribution in [0.3, 0.4) is 0 Å². The van der Waals surface area contributed by atoms with E-state index in [0.29, 0.717) is 22.6 Å². The number of pyridine rings is 1. The fourth-order valence-corrected chi connectivity index (χ4v) is 1.50. The number of methoxy groups -OCH3 is 1. The van der Waals surface area contributed by atoms with Crippen LogP contribution in [-0.4, -0.2) is 12.1 Å². The third kappa shape index (κ3) is 2.23. The number of nitriles is 1. The van der Waals surface area contributed by atoms with Crippen LogP contribution in [0.5, 0.6) is 5.75 Å². The first-order valence-corrected chi connectivity index (χ1v) is 4.94. The lowest BCUT2D eigenvalue weighted by Crippen LogP contribution is -1.92. The standard InChI is InChI=1S/C13H9FN2O/c1-17-13-8-16-12(6-10(13)7-15)9-3-2-4-11(14)5-9/h2-6,8H,1H3. The fourth-order valence-electron chi connectivity index (χ4n) is 1.50. The molecule has 0 fully saturated rings. The van der Waals surface area contributed by atoms with Crippen LogP contribution in [0.2, 0.25) is 0 Å². The van der Waals surface area contributed by atoms with Gasteiger partial charge in [0.25, 0.3) is 0 Å². The summed E-state index contributed by atoms with van der Waals surface area (Å²) in [5.41, 5.74) is 1.55. The smallest absolute Gasteiger partial charge is 0.154 e. The van der Waals surface area contributed by atoms with Gasteiger partial charge in [-0.15, -0.1) is 0 Å². The van der Waals surface area contributed by atoms with E-state index in [0.717, 1.165) is 0 Å². The molecule has 1 heterocycles. The summed E-state index contributed by atoms with van der Waals surface area (Å²) in [5.74, 6) is 0.0753. The van der Waals surface area contributed by atoms with Gasteiger partial charge in [-0.25, -0.2) is 4.39 Å². The third-order valence-corrected chi connectivity index (χ3v) is 2.33. The first kappa shape index (κ1) is 11.1. The lowest BCUT2D eigenvalue weighted by molar-refractivity contribution is 0.411. The van der Waals surface area contributed by atoms with Gasteiger partial charge in [0.05, 0.1) is 24.6 Å². The highest BCUT2D eigenvalue weighted by Gasteiger charge is 2.07. The van der Waals surface area contributed by atoms with Gasteiger partial charge in [-0.3, -0.25) is 4.98 Å². The Hall–Kier alpha value is -2.41. The Morgan fingerprint density at radius 1 is 1.35 bits per heavy atom. The number of hydrogen-bond acceptors (Lipinski definition) is 3. The molecule has 0 unspecified atom stereocenters. The predicted octanol–water partition coefficient (Wildman–Crippen LogP) is 2.77. The van der Waals surface area contributed by atoms with Crippen molar-refractivity contribution in [1.82, 2.24) is 4.98 Å². The molecule has 4 heteroatoms. The second-order valence-corrected chi connectivity index (χ2v) is 3.39. The number of halogens is 1. The monoisotopic (exact) mass is 228 g/mol. The van der Waals surface area contributed by atoms with E-state index < -0.39 is 0 Å². The van der Waals surface area contributed by atoms with Gasteiger partial charge in [0.1, 0.15) is 11.9 Å². The Balaban J connectivity index is 2.51. The maximum absolute atomic E-state index is 13.1. The molecule has 2 aromatic rings. The van der Waals surface area contributed by atoms with Crippen molar-refractivity contribution in [3.05, 3.63) is 47.9 Å². The van der Waals surface area contributed by atoms with Gasteiger partial charge in [0.15, 0.2) is 5.75 Å². The molecule has 0 saturated carbocycles. The molecule has 0 spiro atoms. The number of aromatic nitrogens is 1. The zero-order valence-electron chi connectivity index (χ0n) is 9.14. The average Bonchev–Trinajstić information content (AvgIpc) is 2.38. The van der Waals surface area contributed by atoms with Crippen LogP contribution < -0.4 is 4.74 Å². The zero-order chi connectivity index (χ0) is 12.3. The van der Waals surface area contributed by atoms with E-state index in [1.807, 2.05) is 6.07 Å². The van der Waals surface area contributed by atoms with Crippen molar-refractivity contribution in [2.75, 3.05) is 7.11 Å². The van der Waals surface area contributed by atoms with E-state index in [1.54, 1.807) is 18.2 Å². The van der Waals surface area contributed by atoms with E-state index >= 15 is 0 Å². The molecule has 0 saturated heterocycles. The van der Waals surface area contributed by atoms with Gasteiger partial charge in [0.2, 0.25) is 0 Å². The molecule has 1 aromatic carbocycles. The normalized spacial score (nSPS) is 9.71. The molecule has 0 amide bonds. The van der Waals surface area contributed by atoms with E-state index in [4.69, 9.17) is 10.00 Å². The number of rotatable bonds is 2. The Morgan fingerprint density at radius 3 is 2.82 bits per heavy atom. The lowest BCUT2D eigenvalue weighted by Gasteiger charge is -2.05. The van der Waals surface area contributed by atoms with Crippen molar-refractivity contribution in [2.24, 2.45) is 0 Å². The topological polar surface area (TPSA) is 45.9 Å². The second kappa shape index (κ2) is 4.62. The second-order valence-electron chi connectivity index (χ2n) is 3.39. The largest absolute Gasteiger partial charge is 0.494 e. The molecule has 0 aliphatic carbocycles. The molecule has 84 valence electrons. The van der Waals surface area contributed by atoms with Crippen LogP contribution in [-0.2, 0) is 0 Å². The molecule has 3 nitrogen and oxygen atoms in total. The average molecular weight is 228 g/mol. The molecule has 2 rings (SSSR count). The van der Waals surface area contributed by atoms with Crippen molar-refractivity contribution < 1.29 is 9.13 Å². The highest BCUT2D eigenvalue weighted by atomic mass is 19.1. The number of benzene rings is 1. The van der Waals surface area contributed by atoms with Crippen molar-refractivity contribution >= 4 is 0 Å². The molecule has 17 heavy (non-hydrogen) atoms. The molecule has 0 N–H and O–H groups in total. The van der Waals surface area contributed by atoms with Crippen LogP contribution >= 0.6 is 0 Å². The Kier molecular flexibility index (Phi) is 3.01. The molecule has 0 aliphatic heterocycles. The summed E-state index contributed by atoms with van der Waals surface area (Å²) in [6.07, 6.45) is 1.46. The predicted molar refractivity (Wildman–Crippen MR) is 60.9 cm³/mol. The van der Waals surface area contributed by atoms with E-state index in [9.17, 15) is 4.39 Å². The quantitative estimate of drug-likeness (QED) is 0.793. The molecule has 1 aromatic heterocycles. The van der Waals surface area contributed by atoms with Crippen LogP contribution in [0, 0.1) is 17.1 Å². The molecule has 0 aliphatic rings. The van der Waals surface area contributed by atoms with Crippen molar-refractivity contribution in [2.45, 2.75) is 0 Å². The minimum absolute atomic E-state index is 0.335.